The van der Waals surface area contributed by atoms with Gasteiger partial charge in [0.15, 0.2) is 0 Å². The molecule has 25 heavy (non-hydrogen) atoms. The van der Waals surface area contributed by atoms with Gasteiger partial charge in [0.1, 0.15) is 11.5 Å². The van der Waals surface area contributed by atoms with Crippen molar-refractivity contribution < 1.29 is 9.18 Å². The Morgan fingerprint density at radius 1 is 1.04 bits per heavy atom. The average Bonchev–Trinajstić information content (AvgIpc) is 3.35. The molecule has 1 aromatic carbocycles. The van der Waals surface area contributed by atoms with E-state index in [2.05, 4.69) is 4.98 Å². The predicted molar refractivity (Wildman–Crippen MR) is 93.3 cm³/mol. The fourth-order valence-corrected chi connectivity index (χ4v) is 5.40. The zero-order valence-electron chi connectivity index (χ0n) is 14.1. The number of likely N-dealkylation sites (tertiary alicyclic amines) is 1. The highest BCUT2D eigenvalue weighted by Crippen LogP contribution is 2.55. The van der Waals surface area contributed by atoms with Crippen LogP contribution in [0.25, 0.3) is 11.3 Å². The van der Waals surface area contributed by atoms with E-state index < -0.39 is 0 Å². The van der Waals surface area contributed by atoms with Crippen LogP contribution in [0.2, 0.25) is 0 Å². The minimum absolute atomic E-state index is 0.113. The largest absolute Gasteiger partial charge is 0.338 e. The quantitative estimate of drug-likeness (QED) is 0.830. The Hall–Kier alpha value is -2.23. The molecule has 2 aliphatic carbocycles. The van der Waals surface area contributed by atoms with E-state index in [1.165, 1.54) is 25.3 Å². The normalized spacial score (nSPS) is 29.9. The molecule has 1 amide bonds. The summed E-state index contributed by atoms with van der Waals surface area (Å²) in [5, 5.41) is 0. The lowest BCUT2D eigenvalue weighted by Gasteiger charge is -2.22. The van der Waals surface area contributed by atoms with E-state index in [9.17, 15) is 9.18 Å². The molecule has 1 aliphatic heterocycles. The molecule has 4 atom stereocenters. The first kappa shape index (κ1) is 15.1. The molecule has 0 unspecified atom stereocenters. The van der Waals surface area contributed by atoms with Crippen LogP contribution in [0.3, 0.4) is 0 Å². The maximum atomic E-state index is 13.9. The summed E-state index contributed by atoms with van der Waals surface area (Å²) in [5.41, 5.74) is 1.71. The third kappa shape index (κ3) is 2.38. The number of benzene rings is 1. The van der Waals surface area contributed by atoms with Crippen molar-refractivity contribution in [3.05, 3.63) is 54.0 Å². The standard InChI is InChI=1S/C21H21FN2O/c22-19-2-1-9-23-20(19)13-3-5-14(6-4-13)21(25)24-11-17-15-7-8-16(10-15)18(17)12-24/h1-6,9,15-18H,7-8,10-12H2/t15-,16+,17-,18+. The van der Waals surface area contributed by atoms with Crippen LogP contribution >= 0.6 is 0 Å². The second-order valence-corrected chi connectivity index (χ2v) is 7.78. The van der Waals surface area contributed by atoms with Crippen LogP contribution < -0.4 is 0 Å². The average molecular weight is 336 g/mol. The number of amides is 1. The highest BCUT2D eigenvalue weighted by Gasteiger charge is 2.52. The summed E-state index contributed by atoms with van der Waals surface area (Å²) >= 11 is 0. The Labute approximate surface area is 146 Å². The SMILES string of the molecule is O=C(c1ccc(-c2ncccc2F)cc1)N1C[C@@H]2[C@@H]3CC[C@@H](C3)[C@@H]2C1. The van der Waals surface area contributed by atoms with Gasteiger partial charge in [-0.1, -0.05) is 12.1 Å². The lowest BCUT2D eigenvalue weighted by molar-refractivity contribution is 0.0776. The smallest absolute Gasteiger partial charge is 0.253 e. The predicted octanol–water partition coefficient (Wildman–Crippen LogP) is 4.01. The number of hydrogen-bond donors (Lipinski definition) is 0. The van der Waals surface area contributed by atoms with Crippen LogP contribution in [0.1, 0.15) is 29.6 Å². The molecular weight excluding hydrogens is 315 g/mol. The summed E-state index contributed by atoms with van der Waals surface area (Å²) in [5.74, 6) is 2.92. The van der Waals surface area contributed by atoms with Crippen LogP contribution in [0, 0.1) is 29.5 Å². The summed E-state index contributed by atoms with van der Waals surface area (Å²) in [7, 11) is 0. The number of aromatic nitrogens is 1. The van der Waals surface area contributed by atoms with Gasteiger partial charge in [0.05, 0.1) is 0 Å². The van der Waals surface area contributed by atoms with Crippen molar-refractivity contribution in [3.63, 3.8) is 0 Å². The molecule has 3 nitrogen and oxygen atoms in total. The van der Waals surface area contributed by atoms with Crippen LogP contribution in [-0.4, -0.2) is 28.9 Å². The zero-order valence-corrected chi connectivity index (χ0v) is 14.1. The molecular formula is C21H21FN2O. The molecule has 3 fully saturated rings. The zero-order chi connectivity index (χ0) is 17.0. The Balaban J connectivity index is 1.34. The molecule has 1 aromatic heterocycles. The molecule has 2 aromatic rings. The van der Waals surface area contributed by atoms with Crippen molar-refractivity contribution >= 4 is 5.91 Å². The first-order chi connectivity index (χ1) is 12.2. The van der Waals surface area contributed by atoms with E-state index in [1.54, 1.807) is 36.5 Å². The van der Waals surface area contributed by atoms with Crippen LogP contribution in [0.15, 0.2) is 42.6 Å². The van der Waals surface area contributed by atoms with Crippen molar-refractivity contribution in [1.82, 2.24) is 9.88 Å². The molecule has 0 radical (unpaired) electrons. The maximum Gasteiger partial charge on any atom is 0.253 e. The molecule has 5 rings (SSSR count). The van der Waals surface area contributed by atoms with E-state index in [1.807, 2.05) is 4.90 Å². The Morgan fingerprint density at radius 3 is 2.36 bits per heavy atom. The van der Waals surface area contributed by atoms with Gasteiger partial charge in [-0.05, 0) is 67.2 Å². The fourth-order valence-electron chi connectivity index (χ4n) is 5.40. The molecule has 2 heterocycles. The van der Waals surface area contributed by atoms with Crippen molar-refractivity contribution in [1.29, 1.82) is 0 Å². The molecule has 0 N–H and O–H groups in total. The monoisotopic (exact) mass is 336 g/mol. The Morgan fingerprint density at radius 2 is 1.72 bits per heavy atom. The van der Waals surface area contributed by atoms with Gasteiger partial charge in [-0.2, -0.15) is 0 Å². The van der Waals surface area contributed by atoms with Gasteiger partial charge in [0.2, 0.25) is 0 Å². The lowest BCUT2D eigenvalue weighted by atomic mass is 9.82. The molecule has 2 saturated carbocycles. The number of hydrogen-bond acceptors (Lipinski definition) is 2. The first-order valence-electron chi connectivity index (χ1n) is 9.21. The van der Waals surface area contributed by atoms with E-state index in [0.717, 1.165) is 36.8 Å². The molecule has 128 valence electrons. The molecule has 3 aliphatic rings. The van der Waals surface area contributed by atoms with Crippen molar-refractivity contribution in [2.75, 3.05) is 13.1 Å². The van der Waals surface area contributed by atoms with Gasteiger partial charge >= 0.3 is 0 Å². The second kappa shape index (κ2) is 5.65. The highest BCUT2D eigenvalue weighted by atomic mass is 19.1. The van der Waals surface area contributed by atoms with Crippen LogP contribution in [0.4, 0.5) is 4.39 Å². The number of fused-ring (bicyclic) bond motifs is 5. The highest BCUT2D eigenvalue weighted by molar-refractivity contribution is 5.95. The van der Waals surface area contributed by atoms with E-state index >= 15 is 0 Å². The van der Waals surface area contributed by atoms with Gasteiger partial charge in [-0.15, -0.1) is 0 Å². The van der Waals surface area contributed by atoms with E-state index in [4.69, 9.17) is 0 Å². The van der Waals surface area contributed by atoms with Crippen molar-refractivity contribution in [2.24, 2.45) is 23.7 Å². The van der Waals surface area contributed by atoms with Gasteiger partial charge in [0, 0.05) is 30.4 Å². The molecule has 1 saturated heterocycles. The van der Waals surface area contributed by atoms with E-state index in [0.29, 0.717) is 16.8 Å². The fraction of sp³-hybridized carbons (Fsp3) is 0.429. The van der Waals surface area contributed by atoms with Crippen molar-refractivity contribution in [2.45, 2.75) is 19.3 Å². The van der Waals surface area contributed by atoms with Crippen molar-refractivity contribution in [3.8, 4) is 11.3 Å². The summed E-state index contributed by atoms with van der Waals surface area (Å²) in [6, 6.07) is 10.2. The number of nitrogens with zero attached hydrogens (tertiary/aromatic N) is 2. The van der Waals surface area contributed by atoms with Gasteiger partial charge in [0.25, 0.3) is 5.91 Å². The number of carbonyl (C=O) groups excluding carboxylic acids is 1. The van der Waals surface area contributed by atoms with Crippen LogP contribution in [-0.2, 0) is 0 Å². The molecule has 0 spiro atoms. The third-order valence-electron chi connectivity index (χ3n) is 6.59. The Kier molecular flexibility index (Phi) is 3.40. The van der Waals surface area contributed by atoms with Gasteiger partial charge in [-0.25, -0.2) is 4.39 Å². The third-order valence-corrected chi connectivity index (χ3v) is 6.59. The number of pyridine rings is 1. The van der Waals surface area contributed by atoms with Gasteiger partial charge in [-0.3, -0.25) is 9.78 Å². The number of halogens is 1. The lowest BCUT2D eigenvalue weighted by Crippen LogP contribution is -2.30. The summed E-state index contributed by atoms with van der Waals surface area (Å²) in [4.78, 5) is 19.0. The second-order valence-electron chi connectivity index (χ2n) is 7.78. The summed E-state index contributed by atoms with van der Waals surface area (Å²) < 4.78 is 13.9. The minimum atomic E-state index is -0.343. The maximum absolute atomic E-state index is 13.9. The molecule has 4 heteroatoms. The number of rotatable bonds is 2. The summed E-state index contributed by atoms with van der Waals surface area (Å²) in [6.07, 6.45) is 5.69. The first-order valence-corrected chi connectivity index (χ1v) is 9.21. The minimum Gasteiger partial charge on any atom is -0.338 e. The Bertz CT molecular complexity index is 801. The van der Waals surface area contributed by atoms with E-state index in [-0.39, 0.29) is 11.7 Å². The van der Waals surface area contributed by atoms with Gasteiger partial charge < -0.3 is 4.90 Å². The molecule has 2 bridgehead atoms. The number of carbonyl (C=O) groups is 1. The van der Waals surface area contributed by atoms with Crippen LogP contribution in [0.5, 0.6) is 0 Å². The summed E-state index contributed by atoms with van der Waals surface area (Å²) in [6.45, 7) is 1.84. The topological polar surface area (TPSA) is 33.2 Å².